The van der Waals surface area contributed by atoms with Gasteiger partial charge < -0.3 is 9.84 Å². The van der Waals surface area contributed by atoms with Crippen molar-refractivity contribution in [3.63, 3.8) is 0 Å². The fraction of sp³-hybridized carbons (Fsp3) is 0.667. The van der Waals surface area contributed by atoms with Crippen LogP contribution in [0.2, 0.25) is 0 Å². The number of hydrogen-bond donors (Lipinski definition) is 1. The largest absolute Gasteiger partial charge is 0.365 e. The lowest BCUT2D eigenvalue weighted by Gasteiger charge is -2.37. The van der Waals surface area contributed by atoms with Crippen LogP contribution >= 0.6 is 11.3 Å². The van der Waals surface area contributed by atoms with Crippen molar-refractivity contribution < 1.29 is 4.52 Å². The van der Waals surface area contributed by atoms with Gasteiger partial charge in [-0.1, -0.05) is 5.16 Å². The zero-order chi connectivity index (χ0) is 15.5. The van der Waals surface area contributed by atoms with Crippen LogP contribution in [0.25, 0.3) is 0 Å². The first-order valence-electron chi connectivity index (χ1n) is 7.79. The lowest BCUT2D eigenvalue weighted by atomic mass is 9.90. The smallest absolute Gasteiger partial charge is 0.223 e. The highest BCUT2D eigenvalue weighted by Crippen LogP contribution is 2.27. The number of hydrogen-bond acceptors (Lipinski definition) is 7. The second kappa shape index (κ2) is 6.75. The third kappa shape index (κ3) is 3.64. The van der Waals surface area contributed by atoms with Gasteiger partial charge in [-0.2, -0.15) is 4.98 Å². The fourth-order valence-electron chi connectivity index (χ4n) is 3.03. The molecule has 1 fully saturated rings. The van der Waals surface area contributed by atoms with E-state index in [1.165, 1.54) is 17.7 Å². The van der Waals surface area contributed by atoms with Gasteiger partial charge in [-0.05, 0) is 25.7 Å². The Morgan fingerprint density at radius 2 is 2.32 bits per heavy atom. The van der Waals surface area contributed by atoms with Crippen LogP contribution in [-0.2, 0) is 13.0 Å². The summed E-state index contributed by atoms with van der Waals surface area (Å²) in [6.45, 7) is 6.22. The maximum Gasteiger partial charge on any atom is 0.223 e. The van der Waals surface area contributed by atoms with Gasteiger partial charge in [-0.25, -0.2) is 4.98 Å². The molecule has 3 rings (SSSR count). The van der Waals surface area contributed by atoms with E-state index < -0.39 is 0 Å². The van der Waals surface area contributed by atoms with E-state index in [2.05, 4.69) is 32.3 Å². The zero-order valence-electron chi connectivity index (χ0n) is 13.4. The molecule has 0 spiro atoms. The van der Waals surface area contributed by atoms with Crippen molar-refractivity contribution in [1.29, 1.82) is 0 Å². The van der Waals surface area contributed by atoms with Crippen LogP contribution in [-0.4, -0.2) is 39.7 Å². The molecule has 0 radical (unpaired) electrons. The topological polar surface area (TPSA) is 67.1 Å². The number of likely N-dealkylation sites (tertiary alicyclic amines) is 1. The molecule has 1 aliphatic heterocycles. The van der Waals surface area contributed by atoms with Crippen molar-refractivity contribution in [3.05, 3.63) is 22.8 Å². The predicted octanol–water partition coefficient (Wildman–Crippen LogP) is 2.72. The molecule has 1 N–H and O–H groups in total. The average Bonchev–Trinajstić information content (AvgIpc) is 3.11. The number of nitrogens with one attached hydrogen (secondary N) is 1. The molecule has 2 unspecified atom stereocenters. The van der Waals surface area contributed by atoms with Gasteiger partial charge in [0.25, 0.3) is 0 Å². The molecule has 2 atom stereocenters. The summed E-state index contributed by atoms with van der Waals surface area (Å²) in [7, 11) is 1.91. The Morgan fingerprint density at radius 3 is 3.00 bits per heavy atom. The van der Waals surface area contributed by atoms with E-state index in [1.54, 1.807) is 11.3 Å². The second-order valence-electron chi connectivity index (χ2n) is 6.04. The number of thiazole rings is 1. The molecule has 0 aromatic carbocycles. The van der Waals surface area contributed by atoms with Gasteiger partial charge in [0.1, 0.15) is 0 Å². The highest BCUT2D eigenvalue weighted by atomic mass is 32.1. The molecule has 22 heavy (non-hydrogen) atoms. The lowest BCUT2D eigenvalue weighted by Crippen LogP contribution is -2.41. The highest BCUT2D eigenvalue weighted by Gasteiger charge is 2.27. The van der Waals surface area contributed by atoms with Crippen LogP contribution in [0.4, 0.5) is 5.13 Å². The van der Waals surface area contributed by atoms with Crippen LogP contribution in [0.3, 0.4) is 0 Å². The molecule has 0 saturated carbocycles. The molecule has 2 aromatic rings. The minimum atomic E-state index is 0.602. The highest BCUT2D eigenvalue weighted by molar-refractivity contribution is 7.15. The standard InChI is InChI=1S/C15H23N5OS/c1-10-4-5-12(6-14-18-11(2)21-19-14)8-20(10)9-13-7-17-15(16-3)22-13/h7,10,12H,4-6,8-9H2,1-3H3,(H,16,17). The molecule has 120 valence electrons. The Kier molecular flexibility index (Phi) is 4.73. The van der Waals surface area contributed by atoms with E-state index in [4.69, 9.17) is 4.52 Å². The van der Waals surface area contributed by atoms with Gasteiger partial charge >= 0.3 is 0 Å². The predicted molar refractivity (Wildman–Crippen MR) is 87.0 cm³/mol. The minimum Gasteiger partial charge on any atom is -0.365 e. The summed E-state index contributed by atoms with van der Waals surface area (Å²) in [5.41, 5.74) is 0. The van der Waals surface area contributed by atoms with Gasteiger partial charge in [-0.15, -0.1) is 11.3 Å². The summed E-state index contributed by atoms with van der Waals surface area (Å²) in [5.74, 6) is 2.09. The monoisotopic (exact) mass is 321 g/mol. The fourth-order valence-corrected chi connectivity index (χ4v) is 3.82. The van der Waals surface area contributed by atoms with Crippen molar-refractivity contribution in [2.24, 2.45) is 5.92 Å². The molecule has 6 nitrogen and oxygen atoms in total. The maximum absolute atomic E-state index is 5.08. The van der Waals surface area contributed by atoms with E-state index in [0.29, 0.717) is 17.9 Å². The van der Waals surface area contributed by atoms with Crippen LogP contribution in [0.5, 0.6) is 0 Å². The van der Waals surface area contributed by atoms with Crippen molar-refractivity contribution >= 4 is 16.5 Å². The summed E-state index contributed by atoms with van der Waals surface area (Å²) in [5, 5.41) is 8.12. The van der Waals surface area contributed by atoms with Crippen LogP contribution in [0, 0.1) is 12.8 Å². The Labute approximate surface area is 134 Å². The Morgan fingerprint density at radius 1 is 1.45 bits per heavy atom. The molecule has 0 aliphatic carbocycles. The summed E-state index contributed by atoms with van der Waals surface area (Å²) in [4.78, 5) is 12.6. The third-order valence-electron chi connectivity index (χ3n) is 4.28. The van der Waals surface area contributed by atoms with Gasteiger partial charge in [-0.3, -0.25) is 4.90 Å². The molecule has 0 bridgehead atoms. The normalized spacial score (nSPS) is 22.9. The molecule has 2 aromatic heterocycles. The van der Waals surface area contributed by atoms with Gasteiger partial charge in [0.05, 0.1) is 0 Å². The van der Waals surface area contributed by atoms with Crippen molar-refractivity contribution in [1.82, 2.24) is 20.0 Å². The van der Waals surface area contributed by atoms with E-state index in [9.17, 15) is 0 Å². The summed E-state index contributed by atoms with van der Waals surface area (Å²) in [6, 6.07) is 0.614. The summed E-state index contributed by atoms with van der Waals surface area (Å²) < 4.78 is 5.08. The quantitative estimate of drug-likeness (QED) is 0.913. The average molecular weight is 321 g/mol. The first-order chi connectivity index (χ1) is 10.6. The van der Waals surface area contributed by atoms with E-state index in [0.717, 1.165) is 30.5 Å². The van der Waals surface area contributed by atoms with Gasteiger partial charge in [0.2, 0.25) is 5.89 Å². The second-order valence-corrected chi connectivity index (χ2v) is 7.15. The van der Waals surface area contributed by atoms with Gasteiger partial charge in [0.15, 0.2) is 11.0 Å². The number of piperidine rings is 1. The number of nitrogens with zero attached hydrogens (tertiary/aromatic N) is 4. The van der Waals surface area contributed by atoms with E-state index >= 15 is 0 Å². The first kappa shape index (κ1) is 15.4. The molecule has 1 saturated heterocycles. The minimum absolute atomic E-state index is 0.602. The van der Waals surface area contributed by atoms with Crippen LogP contribution in [0.1, 0.15) is 36.4 Å². The molecule has 1 aliphatic rings. The number of aryl methyl sites for hydroxylation is 1. The molecular weight excluding hydrogens is 298 g/mol. The lowest BCUT2D eigenvalue weighted by molar-refractivity contribution is 0.110. The maximum atomic E-state index is 5.08. The zero-order valence-corrected chi connectivity index (χ0v) is 14.2. The molecule has 3 heterocycles. The number of aromatic nitrogens is 3. The third-order valence-corrected chi connectivity index (χ3v) is 5.28. The molecular formula is C15H23N5OS. The number of anilines is 1. The number of rotatable bonds is 5. The van der Waals surface area contributed by atoms with Crippen molar-refractivity contribution in [2.75, 3.05) is 18.9 Å². The first-order valence-corrected chi connectivity index (χ1v) is 8.61. The Balaban J connectivity index is 1.60. The Bertz CT molecular complexity index is 611. The van der Waals surface area contributed by atoms with Crippen molar-refractivity contribution in [3.8, 4) is 0 Å². The van der Waals surface area contributed by atoms with Crippen LogP contribution < -0.4 is 5.32 Å². The van der Waals surface area contributed by atoms with E-state index in [-0.39, 0.29) is 0 Å². The van der Waals surface area contributed by atoms with Crippen molar-refractivity contribution in [2.45, 2.75) is 45.7 Å². The Hall–Kier alpha value is -1.47. The molecule has 0 amide bonds. The summed E-state index contributed by atoms with van der Waals surface area (Å²) >= 11 is 1.73. The van der Waals surface area contributed by atoms with E-state index in [1.807, 2.05) is 20.2 Å². The van der Waals surface area contributed by atoms with Crippen LogP contribution in [0.15, 0.2) is 10.7 Å². The molecule has 7 heteroatoms. The van der Waals surface area contributed by atoms with Gasteiger partial charge in [0, 0.05) is 50.6 Å². The summed E-state index contributed by atoms with van der Waals surface area (Å²) in [6.07, 6.45) is 5.34. The SMILES string of the molecule is CNc1ncc(CN2CC(Cc3noc(C)n3)CCC2C)s1.